The van der Waals surface area contributed by atoms with E-state index in [-0.39, 0.29) is 17.1 Å². The summed E-state index contributed by atoms with van der Waals surface area (Å²) in [6.07, 6.45) is 0.703. The van der Waals surface area contributed by atoms with Crippen molar-refractivity contribution in [1.29, 1.82) is 0 Å². The van der Waals surface area contributed by atoms with Crippen LogP contribution in [0.3, 0.4) is 0 Å². The summed E-state index contributed by atoms with van der Waals surface area (Å²) in [7, 11) is -3.84. The van der Waals surface area contributed by atoms with Crippen LogP contribution >= 0.6 is 0 Å². The smallest absolute Gasteiger partial charge is 0.306 e. The standard InChI is InChI=1S/C12H16N2O6S/c1-9(12(15)16)4-3-7-13-21(19,20)11-6-2-5-10(8-11)14(17)18/h2,5-6,8-9,13H,3-4,7H2,1H3,(H,15,16). The third kappa shape index (κ3) is 5.12. The molecule has 0 amide bonds. The van der Waals surface area contributed by atoms with Gasteiger partial charge in [0.05, 0.1) is 15.7 Å². The van der Waals surface area contributed by atoms with Gasteiger partial charge in [0.2, 0.25) is 10.0 Å². The molecule has 21 heavy (non-hydrogen) atoms. The zero-order valence-corrected chi connectivity index (χ0v) is 12.2. The molecule has 0 saturated carbocycles. The predicted molar refractivity (Wildman–Crippen MR) is 74.3 cm³/mol. The monoisotopic (exact) mass is 316 g/mol. The van der Waals surface area contributed by atoms with Gasteiger partial charge in [0, 0.05) is 18.7 Å². The molecule has 0 radical (unpaired) electrons. The lowest BCUT2D eigenvalue weighted by Crippen LogP contribution is -2.25. The lowest BCUT2D eigenvalue weighted by Gasteiger charge is -2.08. The number of non-ortho nitro benzene ring substituents is 1. The quantitative estimate of drug-likeness (QED) is 0.424. The minimum Gasteiger partial charge on any atom is -0.481 e. The second kappa shape index (κ2) is 7.14. The Hall–Kier alpha value is -2.00. The number of benzene rings is 1. The summed E-state index contributed by atoms with van der Waals surface area (Å²) in [5, 5.41) is 19.3. The minimum absolute atomic E-state index is 0.0721. The van der Waals surface area contributed by atoms with E-state index in [1.807, 2.05) is 0 Å². The first-order valence-corrected chi connectivity index (χ1v) is 7.69. The van der Waals surface area contributed by atoms with Crippen molar-refractivity contribution in [2.75, 3.05) is 6.54 Å². The summed E-state index contributed by atoms with van der Waals surface area (Å²) in [5.41, 5.74) is -0.308. The van der Waals surface area contributed by atoms with Crippen LogP contribution in [0.1, 0.15) is 19.8 Å². The molecule has 2 N–H and O–H groups in total. The number of hydrogen-bond donors (Lipinski definition) is 2. The molecule has 1 rings (SSSR count). The first-order valence-electron chi connectivity index (χ1n) is 6.21. The number of rotatable bonds is 8. The summed E-state index contributed by atoms with van der Waals surface area (Å²) in [4.78, 5) is 20.4. The Kier molecular flexibility index (Phi) is 5.79. The average Bonchev–Trinajstić information content (AvgIpc) is 2.43. The van der Waals surface area contributed by atoms with E-state index in [1.54, 1.807) is 0 Å². The van der Waals surface area contributed by atoms with Crippen molar-refractivity contribution < 1.29 is 23.2 Å². The lowest BCUT2D eigenvalue weighted by molar-refractivity contribution is -0.385. The molecule has 1 aromatic carbocycles. The average molecular weight is 316 g/mol. The maximum Gasteiger partial charge on any atom is 0.306 e. The fourth-order valence-electron chi connectivity index (χ4n) is 1.59. The molecule has 1 aromatic rings. The minimum atomic E-state index is -3.84. The van der Waals surface area contributed by atoms with Gasteiger partial charge in [0.15, 0.2) is 0 Å². The first kappa shape index (κ1) is 17.1. The van der Waals surface area contributed by atoms with Gasteiger partial charge in [0.25, 0.3) is 5.69 Å². The number of nitrogens with zero attached hydrogens (tertiary/aromatic N) is 1. The fraction of sp³-hybridized carbons (Fsp3) is 0.417. The van der Waals surface area contributed by atoms with Gasteiger partial charge in [-0.25, -0.2) is 13.1 Å². The van der Waals surface area contributed by atoms with Crippen LogP contribution in [0.2, 0.25) is 0 Å². The molecular formula is C12H16N2O6S. The summed E-state index contributed by atoms with van der Waals surface area (Å²) >= 11 is 0. The molecular weight excluding hydrogens is 300 g/mol. The van der Waals surface area contributed by atoms with Crippen molar-refractivity contribution in [3.05, 3.63) is 34.4 Å². The van der Waals surface area contributed by atoms with Crippen LogP contribution in [-0.2, 0) is 14.8 Å². The molecule has 0 aromatic heterocycles. The third-order valence-corrected chi connectivity index (χ3v) is 4.33. The van der Waals surface area contributed by atoms with Gasteiger partial charge in [-0.15, -0.1) is 0 Å². The van der Waals surface area contributed by atoms with E-state index in [0.29, 0.717) is 12.8 Å². The summed E-state index contributed by atoms with van der Waals surface area (Å²) in [5.74, 6) is -1.48. The van der Waals surface area contributed by atoms with E-state index in [0.717, 1.165) is 6.07 Å². The lowest BCUT2D eigenvalue weighted by atomic mass is 10.1. The molecule has 0 heterocycles. The molecule has 0 aliphatic heterocycles. The maximum atomic E-state index is 11.9. The summed E-state index contributed by atoms with van der Waals surface area (Å²) < 4.78 is 26.2. The summed E-state index contributed by atoms with van der Waals surface area (Å²) in [6, 6.07) is 4.73. The molecule has 0 spiro atoms. The zero-order chi connectivity index (χ0) is 16.0. The molecule has 0 bridgehead atoms. The number of sulfonamides is 1. The highest BCUT2D eigenvalue weighted by atomic mass is 32.2. The van der Waals surface area contributed by atoms with Crippen molar-refractivity contribution in [3.8, 4) is 0 Å². The molecule has 0 fully saturated rings. The van der Waals surface area contributed by atoms with Crippen LogP contribution in [-0.4, -0.2) is 31.0 Å². The van der Waals surface area contributed by atoms with Gasteiger partial charge in [-0.05, 0) is 18.9 Å². The Labute approximate surface area is 122 Å². The van der Waals surface area contributed by atoms with Crippen molar-refractivity contribution in [1.82, 2.24) is 4.72 Å². The highest BCUT2D eigenvalue weighted by molar-refractivity contribution is 7.89. The highest BCUT2D eigenvalue weighted by Crippen LogP contribution is 2.17. The maximum absolute atomic E-state index is 11.9. The van der Waals surface area contributed by atoms with Crippen LogP contribution in [0.5, 0.6) is 0 Å². The van der Waals surface area contributed by atoms with Gasteiger partial charge < -0.3 is 5.11 Å². The topological polar surface area (TPSA) is 127 Å². The van der Waals surface area contributed by atoms with E-state index < -0.39 is 26.8 Å². The van der Waals surface area contributed by atoms with Crippen LogP contribution < -0.4 is 4.72 Å². The van der Waals surface area contributed by atoms with Crippen molar-refractivity contribution in [2.45, 2.75) is 24.7 Å². The second-order valence-corrected chi connectivity index (χ2v) is 6.30. The Morgan fingerprint density at radius 3 is 2.71 bits per heavy atom. The largest absolute Gasteiger partial charge is 0.481 e. The molecule has 116 valence electrons. The number of nitro groups is 1. The Morgan fingerprint density at radius 1 is 1.48 bits per heavy atom. The molecule has 1 atom stereocenters. The van der Waals surface area contributed by atoms with Gasteiger partial charge in [-0.1, -0.05) is 13.0 Å². The number of hydrogen-bond acceptors (Lipinski definition) is 5. The molecule has 0 aliphatic rings. The second-order valence-electron chi connectivity index (χ2n) is 4.53. The van der Waals surface area contributed by atoms with E-state index >= 15 is 0 Å². The number of nitrogens with one attached hydrogen (secondary N) is 1. The number of nitro benzene ring substituents is 1. The van der Waals surface area contributed by atoms with Gasteiger partial charge in [0.1, 0.15) is 0 Å². The fourth-order valence-corrected chi connectivity index (χ4v) is 2.70. The van der Waals surface area contributed by atoms with Gasteiger partial charge in [-0.3, -0.25) is 14.9 Å². The van der Waals surface area contributed by atoms with Gasteiger partial charge >= 0.3 is 5.97 Å². The Balaban J connectivity index is 2.64. The number of carboxylic acid groups (broad SMARTS) is 1. The number of aliphatic carboxylic acids is 1. The summed E-state index contributed by atoms with van der Waals surface area (Å²) in [6.45, 7) is 1.61. The molecule has 9 heteroatoms. The van der Waals surface area contributed by atoms with E-state index in [2.05, 4.69) is 4.72 Å². The van der Waals surface area contributed by atoms with E-state index in [1.165, 1.54) is 25.1 Å². The van der Waals surface area contributed by atoms with E-state index in [9.17, 15) is 23.3 Å². The Bertz CT molecular complexity index is 628. The van der Waals surface area contributed by atoms with Crippen LogP contribution in [0, 0.1) is 16.0 Å². The third-order valence-electron chi connectivity index (χ3n) is 2.87. The SMILES string of the molecule is CC(CCCNS(=O)(=O)c1cccc([N+](=O)[O-])c1)C(=O)O. The normalized spacial score (nSPS) is 12.8. The molecule has 0 aliphatic carbocycles. The van der Waals surface area contributed by atoms with Crippen molar-refractivity contribution in [3.63, 3.8) is 0 Å². The van der Waals surface area contributed by atoms with Crippen LogP contribution in [0.4, 0.5) is 5.69 Å². The Morgan fingerprint density at radius 2 is 2.14 bits per heavy atom. The van der Waals surface area contributed by atoms with Gasteiger partial charge in [-0.2, -0.15) is 0 Å². The predicted octanol–water partition coefficient (Wildman–Crippen LogP) is 1.37. The highest BCUT2D eigenvalue weighted by Gasteiger charge is 2.17. The molecule has 8 nitrogen and oxygen atoms in total. The molecule has 0 saturated heterocycles. The van der Waals surface area contributed by atoms with Crippen LogP contribution in [0.25, 0.3) is 0 Å². The van der Waals surface area contributed by atoms with Crippen LogP contribution in [0.15, 0.2) is 29.2 Å². The number of carbonyl (C=O) groups is 1. The zero-order valence-electron chi connectivity index (χ0n) is 11.4. The van der Waals surface area contributed by atoms with Crippen molar-refractivity contribution in [2.24, 2.45) is 5.92 Å². The van der Waals surface area contributed by atoms with E-state index in [4.69, 9.17) is 5.11 Å². The molecule has 1 unspecified atom stereocenters. The van der Waals surface area contributed by atoms with Crippen molar-refractivity contribution >= 4 is 21.7 Å². The number of carboxylic acids is 1. The first-order chi connectivity index (χ1) is 9.74.